The number of nitrogens with two attached hydrogens (primary N) is 1. The van der Waals surface area contributed by atoms with Crippen LogP contribution in [-0.4, -0.2) is 59.5 Å². The number of piperidine rings is 1. The Bertz CT molecular complexity index is 377. The molecule has 0 saturated carbocycles. The second-order valence-electron chi connectivity index (χ2n) is 5.45. The molecule has 0 aromatic rings. The zero-order valence-corrected chi connectivity index (χ0v) is 11.0. The number of hydrogen-bond donors (Lipinski definition) is 2. The van der Waals surface area contributed by atoms with Gasteiger partial charge in [0, 0.05) is 13.1 Å². The maximum atomic E-state index is 12.8. The van der Waals surface area contributed by atoms with E-state index in [2.05, 4.69) is 0 Å². The fourth-order valence-corrected chi connectivity index (χ4v) is 2.72. The van der Waals surface area contributed by atoms with Crippen molar-refractivity contribution in [1.82, 2.24) is 4.90 Å². The standard InChI is InChI=1S/C12H19F3N2O3/c13-12(14,15)11(19)4-1-5-17(7-11)10(18)9-3-2-8(6-16)20-9/h8-9,19H,1-7,16H2/t8-,9+,11?/m1/s1. The third-order valence-electron chi connectivity index (χ3n) is 3.96. The van der Waals surface area contributed by atoms with E-state index in [1.54, 1.807) is 0 Å². The Morgan fingerprint density at radius 3 is 2.70 bits per heavy atom. The van der Waals surface area contributed by atoms with Gasteiger partial charge in [-0.05, 0) is 25.7 Å². The van der Waals surface area contributed by atoms with Crippen molar-refractivity contribution in [2.45, 2.75) is 49.7 Å². The zero-order valence-electron chi connectivity index (χ0n) is 11.0. The highest BCUT2D eigenvalue weighted by atomic mass is 19.4. The van der Waals surface area contributed by atoms with Gasteiger partial charge in [-0.3, -0.25) is 4.79 Å². The fourth-order valence-electron chi connectivity index (χ4n) is 2.72. The summed E-state index contributed by atoms with van der Waals surface area (Å²) in [4.78, 5) is 13.2. The highest BCUT2D eigenvalue weighted by molar-refractivity contribution is 5.81. The van der Waals surface area contributed by atoms with Crippen molar-refractivity contribution in [1.29, 1.82) is 0 Å². The lowest BCUT2D eigenvalue weighted by molar-refractivity contribution is -0.273. The molecule has 3 atom stereocenters. The zero-order chi connectivity index (χ0) is 15.0. The number of alkyl halides is 3. The van der Waals surface area contributed by atoms with E-state index in [4.69, 9.17) is 10.5 Å². The first-order chi connectivity index (χ1) is 9.27. The topological polar surface area (TPSA) is 75.8 Å². The number of rotatable bonds is 2. The normalized spacial score (nSPS) is 35.4. The molecule has 0 aromatic heterocycles. The van der Waals surface area contributed by atoms with E-state index in [1.165, 1.54) is 0 Å². The summed E-state index contributed by atoms with van der Waals surface area (Å²) in [6.07, 6.45) is -4.85. The fraction of sp³-hybridized carbons (Fsp3) is 0.917. The lowest BCUT2D eigenvalue weighted by atomic mass is 9.92. The monoisotopic (exact) mass is 296 g/mol. The summed E-state index contributed by atoms with van der Waals surface area (Å²) in [6, 6.07) is 0. The van der Waals surface area contributed by atoms with Crippen LogP contribution in [0.5, 0.6) is 0 Å². The second kappa shape index (κ2) is 5.50. The second-order valence-corrected chi connectivity index (χ2v) is 5.45. The first kappa shape index (κ1) is 15.5. The van der Waals surface area contributed by atoms with Crippen molar-refractivity contribution in [3.8, 4) is 0 Å². The minimum Gasteiger partial charge on any atom is -0.379 e. The Balaban J connectivity index is 2.01. The molecule has 2 fully saturated rings. The van der Waals surface area contributed by atoms with E-state index in [0.717, 1.165) is 4.90 Å². The van der Waals surface area contributed by atoms with Crippen LogP contribution in [0.3, 0.4) is 0 Å². The van der Waals surface area contributed by atoms with Gasteiger partial charge in [-0.15, -0.1) is 0 Å². The molecule has 5 nitrogen and oxygen atoms in total. The van der Waals surface area contributed by atoms with Gasteiger partial charge in [-0.25, -0.2) is 0 Å². The Labute approximate surface area is 114 Å². The molecule has 2 aliphatic rings. The molecule has 0 aliphatic carbocycles. The van der Waals surface area contributed by atoms with Crippen LogP contribution in [-0.2, 0) is 9.53 Å². The van der Waals surface area contributed by atoms with Crippen molar-refractivity contribution in [2.75, 3.05) is 19.6 Å². The summed E-state index contributed by atoms with van der Waals surface area (Å²) >= 11 is 0. The molecule has 1 amide bonds. The lowest BCUT2D eigenvalue weighted by Crippen LogP contribution is -2.59. The molecule has 116 valence electrons. The number of carbonyl (C=O) groups is 1. The molecule has 8 heteroatoms. The molecule has 2 heterocycles. The number of amides is 1. The molecule has 0 aromatic carbocycles. The summed E-state index contributed by atoms with van der Waals surface area (Å²) in [6.45, 7) is -0.219. The number of carbonyl (C=O) groups excluding carboxylic acids is 1. The van der Waals surface area contributed by atoms with E-state index in [-0.39, 0.29) is 32.0 Å². The smallest absolute Gasteiger partial charge is 0.379 e. The number of aliphatic hydroxyl groups is 1. The van der Waals surface area contributed by atoms with Crippen molar-refractivity contribution >= 4 is 5.91 Å². The van der Waals surface area contributed by atoms with Crippen LogP contribution >= 0.6 is 0 Å². The van der Waals surface area contributed by atoms with Crippen LogP contribution in [0.25, 0.3) is 0 Å². The predicted octanol–water partition coefficient (Wildman–Crippen LogP) is 0.408. The molecule has 0 spiro atoms. The van der Waals surface area contributed by atoms with Gasteiger partial charge in [0.05, 0.1) is 12.6 Å². The average molecular weight is 296 g/mol. The summed E-state index contributed by atoms with van der Waals surface area (Å²) in [5, 5.41) is 9.69. The van der Waals surface area contributed by atoms with Crippen LogP contribution in [0.2, 0.25) is 0 Å². The molecular formula is C12H19F3N2O3. The molecule has 0 bridgehead atoms. The molecule has 2 rings (SSSR count). The molecular weight excluding hydrogens is 277 g/mol. The van der Waals surface area contributed by atoms with Gasteiger partial charge in [0.1, 0.15) is 6.10 Å². The molecule has 1 unspecified atom stereocenters. The molecule has 2 aliphatic heterocycles. The predicted molar refractivity (Wildman–Crippen MR) is 63.8 cm³/mol. The van der Waals surface area contributed by atoms with Crippen molar-refractivity contribution < 1.29 is 27.8 Å². The van der Waals surface area contributed by atoms with Crippen LogP contribution < -0.4 is 5.73 Å². The summed E-state index contributed by atoms with van der Waals surface area (Å²) < 4.78 is 43.9. The number of β-amino-alcohol motifs (C(OH)–C–C–N with tert-alkyl or cyclic N) is 1. The third-order valence-corrected chi connectivity index (χ3v) is 3.96. The van der Waals surface area contributed by atoms with E-state index in [0.29, 0.717) is 12.8 Å². The van der Waals surface area contributed by atoms with Crippen molar-refractivity contribution in [3.05, 3.63) is 0 Å². The van der Waals surface area contributed by atoms with Crippen LogP contribution in [0.15, 0.2) is 0 Å². The Kier molecular flexibility index (Phi) is 4.27. The summed E-state index contributed by atoms with van der Waals surface area (Å²) in [5.74, 6) is -0.483. The quantitative estimate of drug-likeness (QED) is 0.774. The first-order valence-corrected chi connectivity index (χ1v) is 6.70. The number of nitrogens with zero attached hydrogens (tertiary/aromatic N) is 1. The van der Waals surface area contributed by atoms with Crippen LogP contribution in [0.1, 0.15) is 25.7 Å². The summed E-state index contributed by atoms with van der Waals surface area (Å²) in [7, 11) is 0. The van der Waals surface area contributed by atoms with E-state index in [9.17, 15) is 23.1 Å². The Hall–Kier alpha value is -0.860. The third kappa shape index (κ3) is 2.91. The van der Waals surface area contributed by atoms with Gasteiger partial charge < -0.3 is 20.5 Å². The van der Waals surface area contributed by atoms with E-state index < -0.39 is 30.3 Å². The van der Waals surface area contributed by atoms with Gasteiger partial charge >= 0.3 is 6.18 Å². The van der Waals surface area contributed by atoms with Crippen molar-refractivity contribution in [2.24, 2.45) is 5.73 Å². The number of ether oxygens (including phenoxy) is 1. The van der Waals surface area contributed by atoms with Gasteiger partial charge in [0.25, 0.3) is 5.91 Å². The van der Waals surface area contributed by atoms with E-state index >= 15 is 0 Å². The highest BCUT2D eigenvalue weighted by Crippen LogP contribution is 2.37. The largest absolute Gasteiger partial charge is 0.418 e. The van der Waals surface area contributed by atoms with Gasteiger partial charge in [-0.1, -0.05) is 0 Å². The van der Waals surface area contributed by atoms with Gasteiger partial charge in [-0.2, -0.15) is 13.2 Å². The lowest BCUT2D eigenvalue weighted by Gasteiger charge is -2.40. The Morgan fingerprint density at radius 2 is 2.15 bits per heavy atom. The SMILES string of the molecule is NC[C@H]1CC[C@@H](C(=O)N2CCCC(O)(C(F)(F)F)C2)O1. The maximum absolute atomic E-state index is 12.8. The molecule has 20 heavy (non-hydrogen) atoms. The number of hydrogen-bond acceptors (Lipinski definition) is 4. The van der Waals surface area contributed by atoms with Crippen LogP contribution in [0, 0.1) is 0 Å². The van der Waals surface area contributed by atoms with Gasteiger partial charge in [0.2, 0.25) is 0 Å². The summed E-state index contributed by atoms with van der Waals surface area (Å²) in [5.41, 5.74) is 2.62. The average Bonchev–Trinajstić information content (AvgIpc) is 2.85. The number of likely N-dealkylation sites (tertiary alicyclic amines) is 1. The molecule has 2 saturated heterocycles. The Morgan fingerprint density at radius 1 is 1.45 bits per heavy atom. The molecule has 0 radical (unpaired) electrons. The number of halogens is 3. The van der Waals surface area contributed by atoms with Gasteiger partial charge in [0.15, 0.2) is 5.60 Å². The maximum Gasteiger partial charge on any atom is 0.418 e. The van der Waals surface area contributed by atoms with Crippen LogP contribution in [0.4, 0.5) is 13.2 Å². The molecule has 3 N–H and O–H groups in total. The first-order valence-electron chi connectivity index (χ1n) is 6.70. The van der Waals surface area contributed by atoms with Crippen molar-refractivity contribution in [3.63, 3.8) is 0 Å². The minimum absolute atomic E-state index is 0.120. The highest BCUT2D eigenvalue weighted by Gasteiger charge is 2.56. The minimum atomic E-state index is -4.73. The van der Waals surface area contributed by atoms with E-state index in [1.807, 2.05) is 0 Å².